The fourth-order valence-electron chi connectivity index (χ4n) is 4.36. The van der Waals surface area contributed by atoms with Crippen LogP contribution in [0.5, 0.6) is 0 Å². The molecule has 0 aromatic heterocycles. The van der Waals surface area contributed by atoms with Crippen molar-refractivity contribution in [2.45, 2.75) is 90.2 Å². The number of nitrogens with one attached hydrogen (secondary N) is 1. The molecule has 2 nitrogen and oxygen atoms in total. The van der Waals surface area contributed by atoms with Gasteiger partial charge in [0.15, 0.2) is 0 Å². The van der Waals surface area contributed by atoms with Gasteiger partial charge < -0.3 is 10.1 Å². The van der Waals surface area contributed by atoms with E-state index in [0.717, 1.165) is 31.0 Å². The summed E-state index contributed by atoms with van der Waals surface area (Å²) in [7, 11) is 0. The third-order valence-corrected chi connectivity index (χ3v) is 5.40. The second-order valence-corrected chi connectivity index (χ2v) is 7.53. The molecule has 0 aromatic carbocycles. The van der Waals surface area contributed by atoms with Crippen molar-refractivity contribution >= 4 is 0 Å². The summed E-state index contributed by atoms with van der Waals surface area (Å²) in [6.07, 6.45) is 13.1. The van der Waals surface area contributed by atoms with Crippen LogP contribution in [0, 0.1) is 11.8 Å². The predicted octanol–water partition coefficient (Wildman–Crippen LogP) is 4.53. The fraction of sp³-hybridized carbons (Fsp3) is 1.00. The van der Waals surface area contributed by atoms with E-state index >= 15 is 0 Å². The topological polar surface area (TPSA) is 21.3 Å². The highest BCUT2D eigenvalue weighted by molar-refractivity contribution is 4.88. The van der Waals surface area contributed by atoms with Gasteiger partial charge in [-0.15, -0.1) is 0 Å². The molecule has 2 atom stereocenters. The molecule has 0 aliphatic heterocycles. The Balaban J connectivity index is 1.86. The number of rotatable bonds is 6. The minimum Gasteiger partial charge on any atom is -0.375 e. The van der Waals surface area contributed by atoms with Crippen LogP contribution in [-0.4, -0.2) is 24.8 Å². The van der Waals surface area contributed by atoms with Gasteiger partial charge in [0.1, 0.15) is 0 Å². The van der Waals surface area contributed by atoms with Crippen molar-refractivity contribution in [3.8, 4) is 0 Å². The molecule has 2 aliphatic rings. The molecule has 0 amide bonds. The van der Waals surface area contributed by atoms with Gasteiger partial charge in [0.25, 0.3) is 0 Å². The zero-order chi connectivity index (χ0) is 14.4. The van der Waals surface area contributed by atoms with Gasteiger partial charge in [0.2, 0.25) is 0 Å². The van der Waals surface area contributed by atoms with Crippen LogP contribution in [0.2, 0.25) is 0 Å². The minimum absolute atomic E-state index is 0.0245. The quantitative estimate of drug-likeness (QED) is 0.772. The fourth-order valence-corrected chi connectivity index (χ4v) is 4.36. The molecular formula is C18H35NO. The Morgan fingerprint density at radius 2 is 1.60 bits per heavy atom. The summed E-state index contributed by atoms with van der Waals surface area (Å²) in [4.78, 5) is 0. The lowest BCUT2D eigenvalue weighted by atomic mass is 9.71. The number of hydrogen-bond donors (Lipinski definition) is 1. The van der Waals surface area contributed by atoms with Crippen LogP contribution in [-0.2, 0) is 4.74 Å². The highest BCUT2D eigenvalue weighted by atomic mass is 16.5. The van der Waals surface area contributed by atoms with Gasteiger partial charge in [-0.3, -0.25) is 0 Å². The van der Waals surface area contributed by atoms with Crippen molar-refractivity contribution in [1.82, 2.24) is 5.32 Å². The first kappa shape index (κ1) is 16.3. The van der Waals surface area contributed by atoms with Crippen LogP contribution < -0.4 is 5.32 Å². The van der Waals surface area contributed by atoms with Crippen molar-refractivity contribution in [3.63, 3.8) is 0 Å². The lowest BCUT2D eigenvalue weighted by molar-refractivity contribution is -0.0144. The maximum atomic E-state index is 5.84. The third-order valence-electron chi connectivity index (χ3n) is 5.40. The van der Waals surface area contributed by atoms with Crippen LogP contribution in [0.15, 0.2) is 0 Å². The molecule has 0 heterocycles. The van der Waals surface area contributed by atoms with E-state index in [2.05, 4.69) is 26.1 Å². The van der Waals surface area contributed by atoms with Crippen LogP contribution >= 0.6 is 0 Å². The second-order valence-electron chi connectivity index (χ2n) is 7.53. The second kappa shape index (κ2) is 7.79. The smallest absolute Gasteiger partial charge is 0.0750 e. The molecule has 2 saturated carbocycles. The third kappa shape index (κ3) is 4.73. The molecule has 0 spiro atoms. The molecule has 0 saturated heterocycles. The average molecular weight is 281 g/mol. The Kier molecular flexibility index (Phi) is 6.35. The van der Waals surface area contributed by atoms with E-state index < -0.39 is 0 Å². The van der Waals surface area contributed by atoms with Crippen LogP contribution in [0.1, 0.15) is 78.6 Å². The van der Waals surface area contributed by atoms with Crippen LogP contribution in [0.4, 0.5) is 0 Å². The van der Waals surface area contributed by atoms with E-state index in [9.17, 15) is 0 Å². The van der Waals surface area contributed by atoms with Gasteiger partial charge in [0, 0.05) is 19.2 Å². The monoisotopic (exact) mass is 281 g/mol. The predicted molar refractivity (Wildman–Crippen MR) is 86.0 cm³/mol. The van der Waals surface area contributed by atoms with Crippen molar-refractivity contribution < 1.29 is 4.74 Å². The summed E-state index contributed by atoms with van der Waals surface area (Å²) in [5.74, 6) is 1.93. The highest BCUT2D eigenvalue weighted by Gasteiger charge is 2.33. The van der Waals surface area contributed by atoms with Gasteiger partial charge >= 0.3 is 0 Å². The van der Waals surface area contributed by atoms with Crippen LogP contribution in [0.25, 0.3) is 0 Å². The lowest BCUT2D eigenvalue weighted by Crippen LogP contribution is -2.48. The van der Waals surface area contributed by atoms with E-state index in [-0.39, 0.29) is 5.60 Å². The van der Waals surface area contributed by atoms with Gasteiger partial charge in [0.05, 0.1) is 5.60 Å². The first-order valence-electron chi connectivity index (χ1n) is 9.00. The summed E-state index contributed by atoms with van der Waals surface area (Å²) in [6, 6.07) is 0.742. The highest BCUT2D eigenvalue weighted by Crippen LogP contribution is 2.38. The summed E-state index contributed by atoms with van der Waals surface area (Å²) in [6.45, 7) is 8.32. The van der Waals surface area contributed by atoms with Crippen molar-refractivity contribution in [2.75, 3.05) is 13.2 Å². The van der Waals surface area contributed by atoms with E-state index in [1.807, 2.05) is 0 Å². The van der Waals surface area contributed by atoms with Crippen molar-refractivity contribution in [1.29, 1.82) is 0 Å². The Hall–Kier alpha value is -0.0800. The minimum atomic E-state index is -0.0245. The molecule has 0 bridgehead atoms. The average Bonchev–Trinajstić information content (AvgIpc) is 2.46. The molecule has 20 heavy (non-hydrogen) atoms. The standard InChI is InChI=1S/C18H35NO/c1-4-20-18(2,3)14-19-17-13-9-8-12-16(17)15-10-6-5-7-11-15/h15-17,19H,4-14H2,1-3H3. The lowest BCUT2D eigenvalue weighted by Gasteiger charge is -2.40. The maximum Gasteiger partial charge on any atom is 0.0750 e. The van der Waals surface area contributed by atoms with E-state index in [4.69, 9.17) is 4.74 Å². The van der Waals surface area contributed by atoms with E-state index in [1.54, 1.807) is 0 Å². The molecule has 2 unspecified atom stereocenters. The molecule has 0 aromatic rings. The number of ether oxygens (including phenoxy) is 1. The summed E-state index contributed by atoms with van der Waals surface area (Å²) < 4.78 is 5.84. The molecule has 1 N–H and O–H groups in total. The number of hydrogen-bond acceptors (Lipinski definition) is 2. The molecule has 2 fully saturated rings. The van der Waals surface area contributed by atoms with Gasteiger partial charge in [-0.1, -0.05) is 44.9 Å². The SMILES string of the molecule is CCOC(C)(C)CNC1CCCCC1C1CCCCC1. The first-order valence-corrected chi connectivity index (χ1v) is 9.00. The largest absolute Gasteiger partial charge is 0.375 e. The Labute approximate surface area is 126 Å². The van der Waals surface area contributed by atoms with Gasteiger partial charge in [-0.25, -0.2) is 0 Å². The molecule has 2 rings (SSSR count). The Bertz CT molecular complexity index is 271. The summed E-state index contributed by atoms with van der Waals surface area (Å²) in [5.41, 5.74) is -0.0245. The van der Waals surface area contributed by atoms with E-state index in [1.165, 1.54) is 57.8 Å². The summed E-state index contributed by atoms with van der Waals surface area (Å²) in [5, 5.41) is 3.87. The summed E-state index contributed by atoms with van der Waals surface area (Å²) >= 11 is 0. The first-order chi connectivity index (χ1) is 9.62. The van der Waals surface area contributed by atoms with Crippen molar-refractivity contribution in [2.24, 2.45) is 11.8 Å². The van der Waals surface area contributed by atoms with E-state index in [0.29, 0.717) is 0 Å². The van der Waals surface area contributed by atoms with Gasteiger partial charge in [-0.05, 0) is 45.4 Å². The Morgan fingerprint density at radius 3 is 2.30 bits per heavy atom. The maximum absolute atomic E-state index is 5.84. The molecule has 0 radical (unpaired) electrons. The molecule has 118 valence electrons. The van der Waals surface area contributed by atoms with Gasteiger partial charge in [-0.2, -0.15) is 0 Å². The normalized spacial score (nSPS) is 29.6. The van der Waals surface area contributed by atoms with Crippen LogP contribution in [0.3, 0.4) is 0 Å². The zero-order valence-corrected chi connectivity index (χ0v) is 13.9. The molecule has 2 heteroatoms. The zero-order valence-electron chi connectivity index (χ0n) is 13.9. The van der Waals surface area contributed by atoms with Crippen molar-refractivity contribution in [3.05, 3.63) is 0 Å². The Morgan fingerprint density at radius 1 is 0.950 bits per heavy atom. The molecule has 2 aliphatic carbocycles. The molecular weight excluding hydrogens is 246 g/mol.